The molecule has 1 atom stereocenters. The minimum atomic E-state index is -3.68. The Morgan fingerprint density at radius 3 is 2.92 bits per heavy atom. The minimum Gasteiger partial charge on any atom is -0.326 e. The van der Waals surface area contributed by atoms with Crippen molar-refractivity contribution in [2.45, 2.75) is 30.2 Å². The molecule has 3 N–H and O–H groups in total. The summed E-state index contributed by atoms with van der Waals surface area (Å²) in [4.78, 5) is 16.4. The zero-order chi connectivity index (χ0) is 17.7. The highest BCUT2D eigenvalue weighted by atomic mass is 35.5. The SMILES string of the molecule is Cl.O=C(CC1CSCCN1)Nc1cccc(S(=O)(=O)NC2=NCCC2)c1. The predicted molar refractivity (Wildman–Crippen MR) is 108 cm³/mol. The summed E-state index contributed by atoms with van der Waals surface area (Å²) in [6.07, 6.45) is 1.88. The lowest BCUT2D eigenvalue weighted by molar-refractivity contribution is -0.116. The average Bonchev–Trinajstić information content (AvgIpc) is 3.08. The highest BCUT2D eigenvalue weighted by Gasteiger charge is 2.20. The second-order valence-electron chi connectivity index (χ2n) is 6.04. The van der Waals surface area contributed by atoms with Crippen LogP contribution in [0.15, 0.2) is 34.2 Å². The van der Waals surface area contributed by atoms with E-state index in [1.54, 1.807) is 12.1 Å². The number of thioether (sulfide) groups is 1. The molecule has 0 bridgehead atoms. The van der Waals surface area contributed by atoms with E-state index in [1.807, 2.05) is 11.8 Å². The molecule has 0 saturated carbocycles. The van der Waals surface area contributed by atoms with Crippen LogP contribution in [-0.2, 0) is 14.8 Å². The molecule has 1 fully saturated rings. The van der Waals surface area contributed by atoms with E-state index in [-0.39, 0.29) is 29.3 Å². The molecule has 0 aliphatic carbocycles. The molecule has 2 aliphatic rings. The molecule has 0 spiro atoms. The smallest absolute Gasteiger partial charge is 0.262 e. The maximum absolute atomic E-state index is 12.4. The normalized spacial score (nSPS) is 20.0. The van der Waals surface area contributed by atoms with Gasteiger partial charge in [-0.2, -0.15) is 11.8 Å². The summed E-state index contributed by atoms with van der Waals surface area (Å²) in [6, 6.07) is 6.45. The molecule has 0 aromatic heterocycles. The van der Waals surface area contributed by atoms with E-state index in [1.165, 1.54) is 12.1 Å². The van der Waals surface area contributed by atoms with Crippen molar-refractivity contribution < 1.29 is 13.2 Å². The fourth-order valence-corrected chi connectivity index (χ4v) is 4.85. The van der Waals surface area contributed by atoms with Crippen LogP contribution in [-0.4, -0.2) is 50.8 Å². The molecule has 1 aromatic rings. The lowest BCUT2D eigenvalue weighted by Gasteiger charge is -2.22. The summed E-state index contributed by atoms with van der Waals surface area (Å²) < 4.78 is 27.4. The van der Waals surface area contributed by atoms with E-state index in [9.17, 15) is 13.2 Å². The lowest BCUT2D eigenvalue weighted by Crippen LogP contribution is -2.39. The van der Waals surface area contributed by atoms with Gasteiger partial charge in [-0.15, -0.1) is 12.4 Å². The van der Waals surface area contributed by atoms with E-state index >= 15 is 0 Å². The Kier molecular flexibility index (Phi) is 7.75. The van der Waals surface area contributed by atoms with E-state index in [2.05, 4.69) is 20.3 Å². The second kappa shape index (κ2) is 9.59. The van der Waals surface area contributed by atoms with Gasteiger partial charge in [0, 0.05) is 49.2 Å². The number of nitrogens with one attached hydrogen (secondary N) is 3. The molecule has 2 heterocycles. The van der Waals surface area contributed by atoms with Crippen LogP contribution in [0.5, 0.6) is 0 Å². The highest BCUT2D eigenvalue weighted by molar-refractivity contribution is 7.99. The molecule has 1 amide bonds. The Balaban J connectivity index is 0.00000243. The molecule has 26 heavy (non-hydrogen) atoms. The number of anilines is 1. The standard InChI is InChI=1S/C16H22N4O3S2.ClH/c21-16(10-13-11-24-8-7-17-13)19-12-3-1-4-14(9-12)25(22,23)20-15-5-2-6-18-15;/h1,3-4,9,13,17H,2,5-8,10-11H2,(H,18,20)(H,19,21);1H. The molecule has 0 radical (unpaired) electrons. The summed E-state index contributed by atoms with van der Waals surface area (Å²) in [7, 11) is -3.68. The largest absolute Gasteiger partial charge is 0.326 e. The van der Waals surface area contributed by atoms with Gasteiger partial charge in [0.05, 0.1) is 4.90 Å². The number of hydrogen-bond donors (Lipinski definition) is 3. The summed E-state index contributed by atoms with van der Waals surface area (Å²) in [5, 5.41) is 6.10. The number of carbonyl (C=O) groups excluding carboxylic acids is 1. The van der Waals surface area contributed by atoms with Crippen LogP contribution in [0.3, 0.4) is 0 Å². The summed E-state index contributed by atoms with van der Waals surface area (Å²) in [5.41, 5.74) is 0.477. The van der Waals surface area contributed by atoms with Crippen molar-refractivity contribution in [1.29, 1.82) is 0 Å². The van der Waals surface area contributed by atoms with Crippen molar-refractivity contribution in [2.75, 3.05) is 29.9 Å². The highest BCUT2D eigenvalue weighted by Crippen LogP contribution is 2.17. The second-order valence-corrected chi connectivity index (χ2v) is 8.88. The van der Waals surface area contributed by atoms with Gasteiger partial charge >= 0.3 is 0 Å². The molecular weight excluding hydrogens is 396 g/mol. The van der Waals surface area contributed by atoms with Crippen LogP contribution in [0.2, 0.25) is 0 Å². The number of amides is 1. The lowest BCUT2D eigenvalue weighted by atomic mass is 10.2. The molecule has 1 aromatic carbocycles. The first-order chi connectivity index (χ1) is 12.0. The Morgan fingerprint density at radius 2 is 2.23 bits per heavy atom. The van der Waals surface area contributed by atoms with Gasteiger partial charge in [0.15, 0.2) is 0 Å². The van der Waals surface area contributed by atoms with Crippen molar-refractivity contribution in [1.82, 2.24) is 10.0 Å². The fraction of sp³-hybridized carbons (Fsp3) is 0.500. The van der Waals surface area contributed by atoms with Crippen LogP contribution < -0.4 is 15.4 Å². The zero-order valence-electron chi connectivity index (χ0n) is 14.2. The third kappa shape index (κ3) is 5.87. The summed E-state index contributed by atoms with van der Waals surface area (Å²) in [6.45, 7) is 1.56. The third-order valence-electron chi connectivity index (χ3n) is 3.98. The molecule has 1 unspecified atom stereocenters. The van der Waals surface area contributed by atoms with Crippen molar-refractivity contribution in [3.05, 3.63) is 24.3 Å². The van der Waals surface area contributed by atoms with Crippen LogP contribution in [0.1, 0.15) is 19.3 Å². The van der Waals surface area contributed by atoms with Crippen molar-refractivity contribution in [2.24, 2.45) is 4.99 Å². The number of aliphatic imine (C=N–C) groups is 1. The first kappa shape index (κ1) is 21.0. The number of sulfonamides is 1. The van der Waals surface area contributed by atoms with Gasteiger partial charge in [0.25, 0.3) is 10.0 Å². The van der Waals surface area contributed by atoms with Gasteiger partial charge < -0.3 is 10.6 Å². The number of amidine groups is 1. The maximum atomic E-state index is 12.4. The molecule has 144 valence electrons. The number of rotatable bonds is 5. The molecule has 2 aliphatic heterocycles. The number of hydrogen-bond acceptors (Lipinski definition) is 6. The summed E-state index contributed by atoms with van der Waals surface area (Å²) in [5.74, 6) is 2.35. The minimum absolute atomic E-state index is 0. The third-order valence-corrected chi connectivity index (χ3v) is 6.49. The van der Waals surface area contributed by atoms with Crippen LogP contribution in [0.25, 0.3) is 0 Å². The molecular formula is C16H23ClN4O3S2. The zero-order valence-corrected chi connectivity index (χ0v) is 16.7. The quantitative estimate of drug-likeness (QED) is 0.674. The Hall–Kier alpha value is -1.29. The Labute approximate surface area is 164 Å². The van der Waals surface area contributed by atoms with Crippen molar-refractivity contribution >= 4 is 51.6 Å². The maximum Gasteiger partial charge on any atom is 0.262 e. The Morgan fingerprint density at radius 1 is 1.38 bits per heavy atom. The van der Waals surface area contributed by atoms with Crippen LogP contribution in [0, 0.1) is 0 Å². The van der Waals surface area contributed by atoms with Crippen molar-refractivity contribution in [3.8, 4) is 0 Å². The van der Waals surface area contributed by atoms with Gasteiger partial charge in [-0.3, -0.25) is 14.5 Å². The monoisotopic (exact) mass is 418 g/mol. The summed E-state index contributed by atoms with van der Waals surface area (Å²) >= 11 is 1.83. The Bertz CT molecular complexity index is 765. The van der Waals surface area contributed by atoms with E-state index in [0.29, 0.717) is 30.9 Å². The van der Waals surface area contributed by atoms with E-state index in [0.717, 1.165) is 24.5 Å². The molecule has 10 heteroatoms. The number of benzene rings is 1. The van der Waals surface area contributed by atoms with E-state index < -0.39 is 10.0 Å². The van der Waals surface area contributed by atoms with Gasteiger partial charge in [-0.25, -0.2) is 8.42 Å². The number of carbonyl (C=O) groups is 1. The average molecular weight is 419 g/mol. The van der Waals surface area contributed by atoms with Crippen LogP contribution >= 0.6 is 24.2 Å². The molecule has 7 nitrogen and oxygen atoms in total. The van der Waals surface area contributed by atoms with Gasteiger partial charge in [-0.05, 0) is 24.6 Å². The predicted octanol–water partition coefficient (Wildman–Crippen LogP) is 1.61. The first-order valence-electron chi connectivity index (χ1n) is 8.30. The number of nitrogens with zero attached hydrogens (tertiary/aromatic N) is 1. The van der Waals surface area contributed by atoms with Gasteiger partial charge in [-0.1, -0.05) is 6.07 Å². The topological polar surface area (TPSA) is 99.7 Å². The molecule has 1 saturated heterocycles. The van der Waals surface area contributed by atoms with Gasteiger partial charge in [0.1, 0.15) is 5.84 Å². The number of halogens is 1. The van der Waals surface area contributed by atoms with E-state index in [4.69, 9.17) is 0 Å². The molecule has 3 rings (SSSR count). The first-order valence-corrected chi connectivity index (χ1v) is 10.9. The van der Waals surface area contributed by atoms with Crippen molar-refractivity contribution in [3.63, 3.8) is 0 Å². The fourth-order valence-electron chi connectivity index (χ4n) is 2.76. The van der Waals surface area contributed by atoms with Crippen LogP contribution in [0.4, 0.5) is 5.69 Å². The van der Waals surface area contributed by atoms with Gasteiger partial charge in [0.2, 0.25) is 5.91 Å².